The van der Waals surface area contributed by atoms with Crippen LogP contribution in [0.3, 0.4) is 0 Å². The molecular formula is C23H27ClN4OS2. The number of amides is 1. The van der Waals surface area contributed by atoms with Crippen LogP contribution in [0.2, 0.25) is 0 Å². The minimum atomic E-state index is -0.0712. The second-order valence-electron chi connectivity index (χ2n) is 7.12. The van der Waals surface area contributed by atoms with Gasteiger partial charge in [-0.3, -0.25) is 9.69 Å². The lowest BCUT2D eigenvalue weighted by atomic mass is 10.2. The van der Waals surface area contributed by atoms with Gasteiger partial charge in [0.25, 0.3) is 5.91 Å². The molecule has 0 saturated carbocycles. The molecule has 2 aromatic heterocycles. The smallest absolute Gasteiger partial charge is 0.289 e. The van der Waals surface area contributed by atoms with Crippen LogP contribution < -0.4 is 4.90 Å². The van der Waals surface area contributed by atoms with Gasteiger partial charge >= 0.3 is 0 Å². The molecule has 4 aromatic rings. The Hall–Kier alpha value is -2.06. The molecule has 31 heavy (non-hydrogen) atoms. The van der Waals surface area contributed by atoms with E-state index in [1.54, 1.807) is 11.3 Å². The number of para-hydroxylation sites is 1. The van der Waals surface area contributed by atoms with Crippen molar-refractivity contribution < 1.29 is 4.79 Å². The third-order valence-corrected chi connectivity index (χ3v) is 7.40. The van der Waals surface area contributed by atoms with Crippen LogP contribution in [0.5, 0.6) is 0 Å². The third kappa shape index (κ3) is 5.06. The molecule has 0 fully saturated rings. The first-order valence-electron chi connectivity index (χ1n) is 10.4. The van der Waals surface area contributed by atoms with E-state index >= 15 is 0 Å². The fourth-order valence-electron chi connectivity index (χ4n) is 3.44. The standard InChI is InChI=1S/C23H26N4OS2.ClH/c1-4-16-11-12-18-20(15-16)30-23(25-18)27(14-13-26(5-2)6-3)22(28)21-24-17-9-7-8-10-19(17)29-21;/h7-12,15H,4-6,13-14H2,1-3H3;1H. The number of rotatable bonds is 8. The van der Waals surface area contributed by atoms with Crippen LogP contribution in [-0.2, 0) is 6.42 Å². The monoisotopic (exact) mass is 474 g/mol. The molecule has 8 heteroatoms. The van der Waals surface area contributed by atoms with Gasteiger partial charge in [-0.2, -0.15) is 0 Å². The first-order valence-corrected chi connectivity index (χ1v) is 12.1. The first-order chi connectivity index (χ1) is 14.6. The average molecular weight is 475 g/mol. The lowest BCUT2D eigenvalue weighted by Crippen LogP contribution is -2.38. The van der Waals surface area contributed by atoms with Crippen LogP contribution >= 0.6 is 35.1 Å². The second-order valence-corrected chi connectivity index (χ2v) is 9.16. The van der Waals surface area contributed by atoms with Gasteiger partial charge in [-0.25, -0.2) is 9.97 Å². The molecule has 164 valence electrons. The molecule has 0 radical (unpaired) electrons. The number of halogens is 1. The number of thiazole rings is 2. The van der Waals surface area contributed by atoms with E-state index in [1.165, 1.54) is 16.9 Å². The quantitative estimate of drug-likeness (QED) is 0.320. The zero-order valence-corrected chi connectivity index (χ0v) is 20.4. The van der Waals surface area contributed by atoms with Gasteiger partial charge in [0, 0.05) is 13.1 Å². The summed E-state index contributed by atoms with van der Waals surface area (Å²) >= 11 is 3.03. The summed E-state index contributed by atoms with van der Waals surface area (Å²) in [5.74, 6) is -0.0712. The highest BCUT2D eigenvalue weighted by Gasteiger charge is 2.24. The third-order valence-electron chi connectivity index (χ3n) is 5.34. The van der Waals surface area contributed by atoms with Crippen molar-refractivity contribution in [1.82, 2.24) is 14.9 Å². The number of carbonyl (C=O) groups is 1. The van der Waals surface area contributed by atoms with Crippen LogP contribution in [0.4, 0.5) is 5.13 Å². The van der Waals surface area contributed by atoms with E-state index in [0.717, 1.165) is 51.6 Å². The number of benzene rings is 2. The summed E-state index contributed by atoms with van der Waals surface area (Å²) in [4.78, 5) is 27.1. The molecular weight excluding hydrogens is 448 g/mol. The van der Waals surface area contributed by atoms with Crippen LogP contribution in [0.1, 0.15) is 36.1 Å². The number of anilines is 1. The number of hydrogen-bond donors (Lipinski definition) is 0. The highest BCUT2D eigenvalue weighted by Crippen LogP contribution is 2.32. The van der Waals surface area contributed by atoms with Crippen molar-refractivity contribution in [2.24, 2.45) is 0 Å². The molecule has 0 atom stereocenters. The normalized spacial score (nSPS) is 11.2. The van der Waals surface area contributed by atoms with E-state index in [9.17, 15) is 4.79 Å². The Morgan fingerprint density at radius 3 is 2.35 bits per heavy atom. The first kappa shape index (κ1) is 23.6. The number of nitrogens with zero attached hydrogens (tertiary/aromatic N) is 4. The van der Waals surface area contributed by atoms with Gasteiger partial charge in [0.05, 0.1) is 20.4 Å². The minimum absolute atomic E-state index is 0. The lowest BCUT2D eigenvalue weighted by Gasteiger charge is -2.24. The molecule has 0 N–H and O–H groups in total. The summed E-state index contributed by atoms with van der Waals surface area (Å²) in [6, 6.07) is 14.2. The molecule has 2 aromatic carbocycles. The summed E-state index contributed by atoms with van der Waals surface area (Å²) in [7, 11) is 0. The van der Waals surface area contributed by atoms with Crippen molar-refractivity contribution in [2.75, 3.05) is 31.1 Å². The number of hydrogen-bond acceptors (Lipinski definition) is 6. The van der Waals surface area contributed by atoms with Crippen LogP contribution in [0.15, 0.2) is 42.5 Å². The van der Waals surface area contributed by atoms with Crippen LogP contribution in [0, 0.1) is 0 Å². The molecule has 0 aliphatic rings. The average Bonchev–Trinajstić information content (AvgIpc) is 3.39. The Labute approximate surface area is 197 Å². The number of carbonyl (C=O) groups excluding carboxylic acids is 1. The number of aromatic nitrogens is 2. The van der Waals surface area contributed by atoms with Crippen molar-refractivity contribution in [3.63, 3.8) is 0 Å². The molecule has 0 aliphatic heterocycles. The van der Waals surface area contributed by atoms with Gasteiger partial charge in [0.1, 0.15) is 0 Å². The van der Waals surface area contributed by atoms with Crippen molar-refractivity contribution in [3.05, 3.63) is 53.0 Å². The van der Waals surface area contributed by atoms with Gasteiger partial charge in [-0.05, 0) is 49.3 Å². The largest absolute Gasteiger partial charge is 0.302 e. The number of fused-ring (bicyclic) bond motifs is 2. The number of aryl methyl sites for hydroxylation is 1. The topological polar surface area (TPSA) is 49.3 Å². The minimum Gasteiger partial charge on any atom is -0.302 e. The Morgan fingerprint density at radius 2 is 1.65 bits per heavy atom. The van der Waals surface area contributed by atoms with E-state index < -0.39 is 0 Å². The van der Waals surface area contributed by atoms with Crippen molar-refractivity contribution in [2.45, 2.75) is 27.2 Å². The summed E-state index contributed by atoms with van der Waals surface area (Å²) in [6.07, 6.45) is 0.986. The Bertz CT molecular complexity index is 1140. The van der Waals surface area contributed by atoms with Gasteiger partial charge in [-0.1, -0.05) is 50.3 Å². The van der Waals surface area contributed by atoms with E-state index in [2.05, 4.69) is 48.9 Å². The highest BCUT2D eigenvalue weighted by atomic mass is 35.5. The van der Waals surface area contributed by atoms with Gasteiger partial charge < -0.3 is 4.90 Å². The van der Waals surface area contributed by atoms with Crippen LogP contribution in [-0.4, -0.2) is 47.0 Å². The van der Waals surface area contributed by atoms with E-state index in [1.807, 2.05) is 29.2 Å². The molecule has 0 saturated heterocycles. The number of likely N-dealkylation sites (N-methyl/N-ethyl adjacent to an activating group) is 1. The maximum Gasteiger partial charge on any atom is 0.289 e. The van der Waals surface area contributed by atoms with Crippen LogP contribution in [0.25, 0.3) is 20.4 Å². The molecule has 2 heterocycles. The summed E-state index contributed by atoms with van der Waals surface area (Å²) in [5, 5.41) is 1.26. The fraction of sp³-hybridized carbons (Fsp3) is 0.348. The zero-order valence-electron chi connectivity index (χ0n) is 18.0. The predicted octanol–water partition coefficient (Wildman–Crippen LogP) is 5.88. The molecule has 0 unspecified atom stereocenters. The summed E-state index contributed by atoms with van der Waals surface area (Å²) in [5.41, 5.74) is 3.09. The van der Waals surface area contributed by atoms with Crippen molar-refractivity contribution in [3.8, 4) is 0 Å². The summed E-state index contributed by atoms with van der Waals surface area (Å²) < 4.78 is 2.15. The summed E-state index contributed by atoms with van der Waals surface area (Å²) in [6.45, 7) is 9.76. The Morgan fingerprint density at radius 1 is 0.903 bits per heavy atom. The molecule has 5 nitrogen and oxygen atoms in total. The Kier molecular flexibility index (Phi) is 8.00. The maximum atomic E-state index is 13.5. The van der Waals surface area contributed by atoms with Gasteiger partial charge in [-0.15, -0.1) is 23.7 Å². The molecule has 0 spiro atoms. The van der Waals surface area contributed by atoms with E-state index in [-0.39, 0.29) is 18.3 Å². The van der Waals surface area contributed by atoms with Gasteiger partial charge in [0.15, 0.2) is 10.1 Å². The van der Waals surface area contributed by atoms with E-state index in [4.69, 9.17) is 4.98 Å². The molecule has 4 rings (SSSR count). The maximum absolute atomic E-state index is 13.5. The predicted molar refractivity (Wildman–Crippen MR) is 135 cm³/mol. The Balaban J connectivity index is 0.00000272. The zero-order chi connectivity index (χ0) is 21.1. The molecule has 0 bridgehead atoms. The SMILES string of the molecule is CCc1ccc2nc(N(CCN(CC)CC)C(=O)c3nc4ccccc4s3)sc2c1.Cl. The molecule has 1 amide bonds. The fourth-order valence-corrected chi connectivity index (χ4v) is 5.40. The van der Waals surface area contributed by atoms with Crippen molar-refractivity contribution >= 4 is 66.6 Å². The highest BCUT2D eigenvalue weighted by molar-refractivity contribution is 7.23. The molecule has 0 aliphatic carbocycles. The van der Waals surface area contributed by atoms with Crippen molar-refractivity contribution in [1.29, 1.82) is 0 Å². The van der Waals surface area contributed by atoms with E-state index in [0.29, 0.717) is 11.6 Å². The van der Waals surface area contributed by atoms with Gasteiger partial charge in [0.2, 0.25) is 0 Å². The second kappa shape index (κ2) is 10.5. The lowest BCUT2D eigenvalue weighted by molar-refractivity contribution is 0.0983.